The normalized spacial score (nSPS) is 24.3. The predicted octanol–water partition coefficient (Wildman–Crippen LogP) is 0.705. The molecule has 3 aliphatic rings. The summed E-state index contributed by atoms with van der Waals surface area (Å²) < 4.78 is 5.61. The number of hydrogen-bond acceptors (Lipinski definition) is 6. The number of hydrogen-bond donors (Lipinski definition) is 1. The van der Waals surface area contributed by atoms with Gasteiger partial charge in [-0.1, -0.05) is 0 Å². The Morgan fingerprint density at radius 1 is 1.19 bits per heavy atom. The fourth-order valence-electron chi connectivity index (χ4n) is 4.63. The number of primary amides is 1. The smallest absolute Gasteiger partial charge is 0.307 e. The molecule has 1 atom stereocenters. The molecule has 2 N–H and O–H groups in total. The standard InChI is InChI=1S/C19H24N4O4/c20-16(25)13-4-3-7-21-17(13)22-8-10-23(11-9-22)18(26)14-12-15(24)27-19(14)5-1-2-6-19/h3-4,7,14H,1-2,5-6,8-12H2,(H2,20,25)/t14-/m0/s1. The summed E-state index contributed by atoms with van der Waals surface area (Å²) in [6.07, 6.45) is 5.38. The van der Waals surface area contributed by atoms with Crippen LogP contribution in [0, 0.1) is 5.92 Å². The molecule has 0 unspecified atom stereocenters. The average Bonchev–Trinajstić information content (AvgIpc) is 3.28. The van der Waals surface area contributed by atoms with Crippen molar-refractivity contribution in [3.8, 4) is 0 Å². The molecule has 2 aliphatic heterocycles. The molecule has 1 spiro atoms. The van der Waals surface area contributed by atoms with Crippen LogP contribution in [0.4, 0.5) is 5.82 Å². The summed E-state index contributed by atoms with van der Waals surface area (Å²) in [7, 11) is 0. The lowest BCUT2D eigenvalue weighted by atomic mass is 9.84. The Balaban J connectivity index is 1.44. The van der Waals surface area contributed by atoms with Crippen molar-refractivity contribution in [1.82, 2.24) is 9.88 Å². The lowest BCUT2D eigenvalue weighted by Gasteiger charge is -2.38. The number of aromatic nitrogens is 1. The van der Waals surface area contributed by atoms with Gasteiger partial charge in [0.05, 0.1) is 17.9 Å². The summed E-state index contributed by atoms with van der Waals surface area (Å²) in [5, 5.41) is 0. The van der Waals surface area contributed by atoms with Gasteiger partial charge in [0, 0.05) is 32.4 Å². The summed E-state index contributed by atoms with van der Waals surface area (Å²) in [6.45, 7) is 2.18. The molecule has 2 amide bonds. The first kappa shape index (κ1) is 17.8. The fourth-order valence-corrected chi connectivity index (χ4v) is 4.63. The Bertz CT molecular complexity index is 767. The lowest BCUT2D eigenvalue weighted by molar-refractivity contribution is -0.151. The van der Waals surface area contributed by atoms with E-state index in [-0.39, 0.29) is 24.2 Å². The first-order valence-corrected chi connectivity index (χ1v) is 9.50. The van der Waals surface area contributed by atoms with Crippen molar-refractivity contribution < 1.29 is 19.1 Å². The van der Waals surface area contributed by atoms with Crippen LogP contribution < -0.4 is 10.6 Å². The van der Waals surface area contributed by atoms with Crippen LogP contribution in [0.2, 0.25) is 0 Å². The van der Waals surface area contributed by atoms with E-state index in [9.17, 15) is 14.4 Å². The third-order valence-corrected chi connectivity index (χ3v) is 6.01. The van der Waals surface area contributed by atoms with Crippen LogP contribution in [-0.2, 0) is 14.3 Å². The molecule has 8 nitrogen and oxygen atoms in total. The second-order valence-electron chi connectivity index (χ2n) is 7.55. The number of amides is 2. The van der Waals surface area contributed by atoms with Gasteiger partial charge in [-0.25, -0.2) is 4.98 Å². The van der Waals surface area contributed by atoms with E-state index in [0.717, 1.165) is 25.7 Å². The van der Waals surface area contributed by atoms with Gasteiger partial charge in [-0.05, 0) is 37.8 Å². The minimum Gasteiger partial charge on any atom is -0.458 e. The number of nitrogens with two attached hydrogens (primary N) is 1. The van der Waals surface area contributed by atoms with Crippen molar-refractivity contribution in [2.75, 3.05) is 31.1 Å². The quantitative estimate of drug-likeness (QED) is 0.783. The van der Waals surface area contributed by atoms with Gasteiger partial charge in [-0.15, -0.1) is 0 Å². The number of anilines is 1. The SMILES string of the molecule is NC(=O)c1cccnc1N1CCN(C(=O)[C@@H]2CC(=O)OC23CCCC3)CC1. The molecule has 27 heavy (non-hydrogen) atoms. The molecular weight excluding hydrogens is 348 g/mol. The number of piperazine rings is 1. The summed E-state index contributed by atoms with van der Waals surface area (Å²) in [4.78, 5) is 44.7. The maximum Gasteiger partial charge on any atom is 0.307 e. The Morgan fingerprint density at radius 3 is 2.56 bits per heavy atom. The van der Waals surface area contributed by atoms with Gasteiger partial charge in [0.1, 0.15) is 11.4 Å². The van der Waals surface area contributed by atoms with Gasteiger partial charge in [0.2, 0.25) is 5.91 Å². The topological polar surface area (TPSA) is 106 Å². The van der Waals surface area contributed by atoms with Crippen LogP contribution in [0.25, 0.3) is 0 Å². The molecule has 1 aliphatic carbocycles. The van der Waals surface area contributed by atoms with Crippen LogP contribution >= 0.6 is 0 Å². The molecular formula is C19H24N4O4. The monoisotopic (exact) mass is 372 g/mol. The fraction of sp³-hybridized carbons (Fsp3) is 0.579. The third-order valence-electron chi connectivity index (χ3n) is 6.01. The highest BCUT2D eigenvalue weighted by Gasteiger charge is 2.54. The molecule has 3 heterocycles. The number of nitrogens with zero attached hydrogens (tertiary/aromatic N) is 3. The highest BCUT2D eigenvalue weighted by molar-refractivity contribution is 5.97. The molecule has 0 aromatic carbocycles. The molecule has 2 saturated heterocycles. The van der Waals surface area contributed by atoms with Crippen LogP contribution in [0.3, 0.4) is 0 Å². The van der Waals surface area contributed by atoms with Crippen LogP contribution in [-0.4, -0.2) is 59.4 Å². The van der Waals surface area contributed by atoms with Crippen LogP contribution in [0.1, 0.15) is 42.5 Å². The zero-order valence-electron chi connectivity index (χ0n) is 15.2. The summed E-state index contributed by atoms with van der Waals surface area (Å²) in [6, 6.07) is 3.34. The average molecular weight is 372 g/mol. The maximum atomic E-state index is 13.1. The summed E-state index contributed by atoms with van der Waals surface area (Å²) >= 11 is 0. The molecule has 0 radical (unpaired) electrons. The number of esters is 1. The first-order valence-electron chi connectivity index (χ1n) is 9.50. The number of pyridine rings is 1. The van der Waals surface area contributed by atoms with Gasteiger partial charge < -0.3 is 20.3 Å². The highest BCUT2D eigenvalue weighted by atomic mass is 16.6. The highest BCUT2D eigenvalue weighted by Crippen LogP contribution is 2.46. The van der Waals surface area contributed by atoms with Crippen molar-refractivity contribution in [3.05, 3.63) is 23.9 Å². The van der Waals surface area contributed by atoms with Crippen LogP contribution in [0.5, 0.6) is 0 Å². The minimum absolute atomic E-state index is 0.0125. The van der Waals surface area contributed by atoms with Crippen molar-refractivity contribution in [2.45, 2.75) is 37.7 Å². The van der Waals surface area contributed by atoms with E-state index in [4.69, 9.17) is 10.5 Å². The van der Waals surface area contributed by atoms with E-state index in [1.165, 1.54) is 0 Å². The summed E-state index contributed by atoms with van der Waals surface area (Å²) in [5.74, 6) is -0.563. The Labute approximate surface area is 157 Å². The van der Waals surface area contributed by atoms with Gasteiger partial charge in [0.15, 0.2) is 0 Å². The minimum atomic E-state index is -0.578. The molecule has 3 fully saturated rings. The second-order valence-corrected chi connectivity index (χ2v) is 7.55. The van der Waals surface area contributed by atoms with Crippen molar-refractivity contribution in [3.63, 3.8) is 0 Å². The lowest BCUT2D eigenvalue weighted by Crippen LogP contribution is -2.53. The molecule has 0 bridgehead atoms. The number of carbonyl (C=O) groups is 3. The van der Waals surface area contributed by atoms with E-state index in [1.807, 2.05) is 9.80 Å². The molecule has 144 valence electrons. The van der Waals surface area contributed by atoms with E-state index in [1.54, 1.807) is 18.3 Å². The Kier molecular flexibility index (Phi) is 4.49. The van der Waals surface area contributed by atoms with E-state index < -0.39 is 11.5 Å². The van der Waals surface area contributed by atoms with E-state index in [0.29, 0.717) is 37.6 Å². The molecule has 1 saturated carbocycles. The van der Waals surface area contributed by atoms with Crippen molar-refractivity contribution >= 4 is 23.6 Å². The van der Waals surface area contributed by atoms with Gasteiger partial charge in [-0.2, -0.15) is 0 Å². The molecule has 8 heteroatoms. The van der Waals surface area contributed by atoms with Gasteiger partial charge in [-0.3, -0.25) is 14.4 Å². The zero-order valence-corrected chi connectivity index (χ0v) is 15.2. The molecule has 1 aromatic rings. The third kappa shape index (κ3) is 3.13. The first-order chi connectivity index (χ1) is 13.0. The largest absolute Gasteiger partial charge is 0.458 e. The summed E-state index contributed by atoms with van der Waals surface area (Å²) in [5.41, 5.74) is 5.25. The van der Waals surface area contributed by atoms with E-state index >= 15 is 0 Å². The van der Waals surface area contributed by atoms with E-state index in [2.05, 4.69) is 4.98 Å². The van der Waals surface area contributed by atoms with Crippen LogP contribution in [0.15, 0.2) is 18.3 Å². The maximum absolute atomic E-state index is 13.1. The van der Waals surface area contributed by atoms with Crippen molar-refractivity contribution in [2.24, 2.45) is 11.7 Å². The zero-order chi connectivity index (χ0) is 19.0. The van der Waals surface area contributed by atoms with Gasteiger partial charge in [0.25, 0.3) is 5.91 Å². The Hall–Kier alpha value is -2.64. The number of carbonyl (C=O) groups excluding carboxylic acids is 3. The second kappa shape index (κ2) is 6.83. The number of rotatable bonds is 3. The Morgan fingerprint density at radius 2 is 1.89 bits per heavy atom. The van der Waals surface area contributed by atoms with Gasteiger partial charge >= 0.3 is 5.97 Å². The molecule has 1 aromatic heterocycles. The molecule has 4 rings (SSSR count). The predicted molar refractivity (Wildman–Crippen MR) is 96.9 cm³/mol. The number of ether oxygens (including phenoxy) is 1. The van der Waals surface area contributed by atoms with Crippen molar-refractivity contribution in [1.29, 1.82) is 0 Å².